The molecule has 0 unspecified atom stereocenters. The number of alkyl halides is 3. The summed E-state index contributed by atoms with van der Waals surface area (Å²) in [7, 11) is -4.10. The van der Waals surface area contributed by atoms with Crippen molar-refractivity contribution in [2.45, 2.75) is 23.9 Å². The van der Waals surface area contributed by atoms with Crippen molar-refractivity contribution in [2.24, 2.45) is 0 Å². The molecule has 0 saturated carbocycles. The fraction of sp³-hybridized carbons (Fsp3) is 0.250. The van der Waals surface area contributed by atoms with Crippen molar-refractivity contribution in [3.8, 4) is 0 Å². The van der Waals surface area contributed by atoms with E-state index in [4.69, 9.17) is 11.6 Å². The van der Waals surface area contributed by atoms with E-state index >= 15 is 0 Å². The monoisotopic (exact) mass is 375 g/mol. The van der Waals surface area contributed by atoms with E-state index in [1.807, 2.05) is 6.07 Å². The second-order valence-electron chi connectivity index (χ2n) is 5.45. The zero-order chi connectivity index (χ0) is 17.5. The highest BCUT2D eigenvalue weighted by Crippen LogP contribution is 2.38. The van der Waals surface area contributed by atoms with Gasteiger partial charge in [0.15, 0.2) is 0 Å². The minimum absolute atomic E-state index is 0.226. The second kappa shape index (κ2) is 5.97. The molecule has 0 N–H and O–H groups in total. The van der Waals surface area contributed by atoms with Gasteiger partial charge in [-0.3, -0.25) is 4.31 Å². The number of sulfonamides is 1. The van der Waals surface area contributed by atoms with Crippen LogP contribution in [0, 0.1) is 0 Å². The molecule has 0 atom stereocenters. The lowest BCUT2D eigenvalue weighted by molar-refractivity contribution is -0.137. The molecule has 2 aromatic carbocycles. The van der Waals surface area contributed by atoms with Crippen molar-refractivity contribution in [3.63, 3.8) is 0 Å². The smallest absolute Gasteiger partial charge is 0.266 e. The minimum Gasteiger partial charge on any atom is -0.266 e. The Morgan fingerprint density at radius 3 is 2.50 bits per heavy atom. The van der Waals surface area contributed by atoms with Crippen molar-refractivity contribution >= 4 is 27.3 Å². The molecule has 0 aliphatic carbocycles. The molecule has 0 spiro atoms. The first-order valence-electron chi connectivity index (χ1n) is 7.18. The molecule has 3 rings (SSSR count). The Hall–Kier alpha value is -1.73. The summed E-state index contributed by atoms with van der Waals surface area (Å²) in [5, 5.41) is -0.527. The molecule has 0 aromatic heterocycles. The van der Waals surface area contributed by atoms with Crippen molar-refractivity contribution < 1.29 is 21.6 Å². The van der Waals surface area contributed by atoms with Gasteiger partial charge in [0.25, 0.3) is 10.0 Å². The van der Waals surface area contributed by atoms with E-state index in [2.05, 4.69) is 0 Å². The first kappa shape index (κ1) is 17.1. The van der Waals surface area contributed by atoms with Crippen LogP contribution >= 0.6 is 11.6 Å². The lowest BCUT2D eigenvalue weighted by Crippen LogP contribution is -2.35. The van der Waals surface area contributed by atoms with Crippen LogP contribution < -0.4 is 4.31 Å². The molecular weight excluding hydrogens is 363 g/mol. The predicted octanol–water partition coefficient (Wildman–Crippen LogP) is 4.50. The standard InChI is InChI=1S/C16H13ClF3NO2S/c17-14-8-7-12(10-13(14)16(18,19)20)24(22,23)21-9-3-5-11-4-1-2-6-15(11)21/h1-2,4,6-8,10H,3,5,9H2. The lowest BCUT2D eigenvalue weighted by atomic mass is 10.0. The maximum absolute atomic E-state index is 13.0. The molecule has 0 bridgehead atoms. The predicted molar refractivity (Wildman–Crippen MR) is 85.7 cm³/mol. The number of benzene rings is 2. The maximum Gasteiger partial charge on any atom is 0.417 e. The van der Waals surface area contributed by atoms with E-state index in [1.54, 1.807) is 18.2 Å². The molecule has 0 amide bonds. The van der Waals surface area contributed by atoms with Gasteiger partial charge in [0.05, 0.1) is 21.2 Å². The molecule has 24 heavy (non-hydrogen) atoms. The molecule has 8 heteroatoms. The quantitative estimate of drug-likeness (QED) is 0.775. The average Bonchev–Trinajstić information content (AvgIpc) is 2.53. The van der Waals surface area contributed by atoms with Gasteiger partial charge in [0.2, 0.25) is 0 Å². The van der Waals surface area contributed by atoms with E-state index < -0.39 is 31.7 Å². The summed E-state index contributed by atoms with van der Waals surface area (Å²) in [6, 6.07) is 9.65. The van der Waals surface area contributed by atoms with Crippen LogP contribution in [0.3, 0.4) is 0 Å². The second-order valence-corrected chi connectivity index (χ2v) is 7.72. The van der Waals surface area contributed by atoms with Gasteiger partial charge in [-0.2, -0.15) is 13.2 Å². The van der Waals surface area contributed by atoms with Gasteiger partial charge in [0.1, 0.15) is 0 Å². The van der Waals surface area contributed by atoms with Crippen LogP contribution in [-0.2, 0) is 22.6 Å². The Balaban J connectivity index is 2.10. The van der Waals surface area contributed by atoms with Crippen LogP contribution in [0.4, 0.5) is 18.9 Å². The number of halogens is 4. The third kappa shape index (κ3) is 2.98. The highest BCUT2D eigenvalue weighted by atomic mass is 35.5. The molecule has 0 radical (unpaired) electrons. The number of rotatable bonds is 2. The Kier molecular flexibility index (Phi) is 4.25. The number of hydrogen-bond donors (Lipinski definition) is 0. The summed E-state index contributed by atoms with van der Waals surface area (Å²) in [6.07, 6.45) is -3.38. The molecule has 0 fully saturated rings. The van der Waals surface area contributed by atoms with Crippen LogP contribution in [0.15, 0.2) is 47.4 Å². The van der Waals surface area contributed by atoms with Crippen LogP contribution in [-0.4, -0.2) is 15.0 Å². The first-order valence-corrected chi connectivity index (χ1v) is 9.00. The molecule has 1 heterocycles. The topological polar surface area (TPSA) is 37.4 Å². The van der Waals surface area contributed by atoms with Gasteiger partial charge in [-0.25, -0.2) is 8.42 Å². The zero-order valence-corrected chi connectivity index (χ0v) is 13.9. The molecule has 1 aliphatic heterocycles. The number of aryl methyl sites for hydroxylation is 1. The molecule has 128 valence electrons. The van der Waals surface area contributed by atoms with E-state index in [0.717, 1.165) is 28.4 Å². The van der Waals surface area contributed by atoms with Crippen LogP contribution in [0.2, 0.25) is 5.02 Å². The van der Waals surface area contributed by atoms with Gasteiger partial charge < -0.3 is 0 Å². The molecule has 2 aromatic rings. The summed E-state index contributed by atoms with van der Waals surface area (Å²) in [6.45, 7) is 0.226. The molecular formula is C16H13ClF3NO2S. The summed E-state index contributed by atoms with van der Waals surface area (Å²) >= 11 is 5.57. The van der Waals surface area contributed by atoms with Crippen molar-refractivity contribution in [2.75, 3.05) is 10.8 Å². The van der Waals surface area contributed by atoms with Gasteiger partial charge >= 0.3 is 6.18 Å². The summed E-state index contributed by atoms with van der Waals surface area (Å²) in [5.74, 6) is 0. The average molecular weight is 376 g/mol. The third-order valence-corrected chi connectivity index (χ3v) is 6.04. The van der Waals surface area contributed by atoms with E-state index in [-0.39, 0.29) is 6.54 Å². The highest BCUT2D eigenvalue weighted by Gasteiger charge is 2.36. The maximum atomic E-state index is 13.0. The van der Waals surface area contributed by atoms with Gasteiger partial charge in [-0.05, 0) is 42.7 Å². The van der Waals surface area contributed by atoms with Crippen LogP contribution in [0.5, 0.6) is 0 Å². The largest absolute Gasteiger partial charge is 0.417 e. The van der Waals surface area contributed by atoms with Crippen LogP contribution in [0.1, 0.15) is 17.5 Å². The Morgan fingerprint density at radius 1 is 1.08 bits per heavy atom. The number of para-hydroxylation sites is 1. The molecule has 3 nitrogen and oxygen atoms in total. The van der Waals surface area contributed by atoms with Gasteiger partial charge in [0, 0.05) is 6.54 Å². The fourth-order valence-corrected chi connectivity index (χ4v) is 4.55. The number of fused-ring (bicyclic) bond motifs is 1. The van der Waals surface area contributed by atoms with E-state index in [0.29, 0.717) is 18.2 Å². The van der Waals surface area contributed by atoms with E-state index in [9.17, 15) is 21.6 Å². The van der Waals surface area contributed by atoms with Crippen LogP contribution in [0.25, 0.3) is 0 Å². The van der Waals surface area contributed by atoms with Crippen molar-refractivity contribution in [1.82, 2.24) is 0 Å². The number of anilines is 1. The Morgan fingerprint density at radius 2 is 1.79 bits per heavy atom. The minimum atomic E-state index is -4.72. The lowest BCUT2D eigenvalue weighted by Gasteiger charge is -2.30. The normalized spacial score (nSPS) is 15.2. The fourth-order valence-electron chi connectivity index (χ4n) is 2.76. The Bertz CT molecular complexity index is 881. The zero-order valence-electron chi connectivity index (χ0n) is 12.3. The summed E-state index contributed by atoms with van der Waals surface area (Å²) < 4.78 is 65.9. The number of nitrogens with zero attached hydrogens (tertiary/aromatic N) is 1. The third-order valence-electron chi connectivity index (χ3n) is 3.90. The summed E-state index contributed by atoms with van der Waals surface area (Å²) in [4.78, 5) is -0.420. The van der Waals surface area contributed by atoms with Gasteiger partial charge in [-0.1, -0.05) is 29.8 Å². The molecule has 0 saturated heterocycles. The molecule has 1 aliphatic rings. The highest BCUT2D eigenvalue weighted by molar-refractivity contribution is 7.92. The summed E-state index contributed by atoms with van der Waals surface area (Å²) in [5.41, 5.74) is 0.208. The van der Waals surface area contributed by atoms with Crippen molar-refractivity contribution in [1.29, 1.82) is 0 Å². The first-order chi connectivity index (χ1) is 11.2. The SMILES string of the molecule is O=S(=O)(c1ccc(Cl)c(C(F)(F)F)c1)N1CCCc2ccccc21. The van der Waals surface area contributed by atoms with E-state index in [1.165, 1.54) is 0 Å². The van der Waals surface area contributed by atoms with Gasteiger partial charge in [-0.15, -0.1) is 0 Å². The number of hydrogen-bond acceptors (Lipinski definition) is 2. The van der Waals surface area contributed by atoms with Crippen molar-refractivity contribution in [3.05, 3.63) is 58.6 Å². The Labute approximate surface area is 142 Å².